The standard InChI is InChI=1S/C18H36O3/c1-4-6-8-10-12-14-18(19)21-16-17(15-20-3)13-11-9-7-5-2/h17H,4-16H2,1-3H3. The van der Waals surface area contributed by atoms with Gasteiger partial charge >= 0.3 is 5.97 Å². The molecule has 0 radical (unpaired) electrons. The number of hydrogen-bond donors (Lipinski definition) is 0. The zero-order valence-corrected chi connectivity index (χ0v) is 14.5. The van der Waals surface area contributed by atoms with Crippen molar-refractivity contribution in [3.63, 3.8) is 0 Å². The molecule has 21 heavy (non-hydrogen) atoms. The van der Waals surface area contributed by atoms with Crippen molar-refractivity contribution in [1.29, 1.82) is 0 Å². The summed E-state index contributed by atoms with van der Waals surface area (Å²) >= 11 is 0. The lowest BCUT2D eigenvalue weighted by Crippen LogP contribution is -2.18. The molecule has 0 bridgehead atoms. The third-order valence-electron chi connectivity index (χ3n) is 3.83. The van der Waals surface area contributed by atoms with E-state index in [-0.39, 0.29) is 5.97 Å². The fourth-order valence-corrected chi connectivity index (χ4v) is 2.47. The molecule has 1 unspecified atom stereocenters. The molecule has 3 nitrogen and oxygen atoms in total. The minimum atomic E-state index is -0.0406. The monoisotopic (exact) mass is 300 g/mol. The van der Waals surface area contributed by atoms with E-state index < -0.39 is 0 Å². The van der Waals surface area contributed by atoms with E-state index >= 15 is 0 Å². The first-order chi connectivity index (χ1) is 10.2. The molecule has 0 rings (SSSR count). The van der Waals surface area contributed by atoms with Crippen LogP contribution in [0.25, 0.3) is 0 Å². The van der Waals surface area contributed by atoms with Gasteiger partial charge in [-0.1, -0.05) is 65.2 Å². The van der Waals surface area contributed by atoms with Gasteiger partial charge in [0.2, 0.25) is 0 Å². The van der Waals surface area contributed by atoms with Gasteiger partial charge in [0.15, 0.2) is 0 Å². The normalized spacial score (nSPS) is 12.3. The maximum atomic E-state index is 11.7. The van der Waals surface area contributed by atoms with Gasteiger partial charge in [0.25, 0.3) is 0 Å². The second kappa shape index (κ2) is 15.8. The van der Waals surface area contributed by atoms with Gasteiger partial charge in [-0.25, -0.2) is 0 Å². The molecule has 126 valence electrons. The van der Waals surface area contributed by atoms with Crippen LogP contribution in [-0.2, 0) is 14.3 Å². The van der Waals surface area contributed by atoms with Crippen molar-refractivity contribution < 1.29 is 14.3 Å². The summed E-state index contributed by atoms with van der Waals surface area (Å²) in [6, 6.07) is 0. The summed E-state index contributed by atoms with van der Waals surface area (Å²) in [7, 11) is 1.72. The molecule has 0 aliphatic heterocycles. The molecule has 3 heteroatoms. The van der Waals surface area contributed by atoms with E-state index in [1.165, 1.54) is 44.9 Å². The van der Waals surface area contributed by atoms with Crippen LogP contribution >= 0.6 is 0 Å². The summed E-state index contributed by atoms with van der Waals surface area (Å²) in [5.41, 5.74) is 0. The average Bonchev–Trinajstić information content (AvgIpc) is 2.48. The summed E-state index contributed by atoms with van der Waals surface area (Å²) in [5, 5.41) is 0. The lowest BCUT2D eigenvalue weighted by Gasteiger charge is -2.16. The van der Waals surface area contributed by atoms with Crippen molar-refractivity contribution in [2.75, 3.05) is 20.3 Å². The second-order valence-electron chi connectivity index (χ2n) is 6.02. The van der Waals surface area contributed by atoms with Gasteiger partial charge in [-0.05, 0) is 12.8 Å². The molecule has 0 aromatic heterocycles. The topological polar surface area (TPSA) is 35.5 Å². The third-order valence-corrected chi connectivity index (χ3v) is 3.83. The molecular weight excluding hydrogens is 264 g/mol. The van der Waals surface area contributed by atoms with Crippen LogP contribution in [-0.4, -0.2) is 26.3 Å². The summed E-state index contributed by atoms with van der Waals surface area (Å²) in [6.07, 6.45) is 12.5. The number of carbonyl (C=O) groups excluding carboxylic acids is 1. The SMILES string of the molecule is CCCCCCCC(=O)OCC(CCCCCC)COC. The molecule has 0 spiro atoms. The quantitative estimate of drug-likeness (QED) is 0.311. The third kappa shape index (κ3) is 14.1. The lowest BCUT2D eigenvalue weighted by atomic mass is 10.0. The van der Waals surface area contributed by atoms with Gasteiger partial charge in [-0.3, -0.25) is 4.79 Å². The van der Waals surface area contributed by atoms with Crippen molar-refractivity contribution in [1.82, 2.24) is 0 Å². The van der Waals surface area contributed by atoms with E-state index in [9.17, 15) is 4.79 Å². The lowest BCUT2D eigenvalue weighted by molar-refractivity contribution is -0.145. The van der Waals surface area contributed by atoms with Gasteiger partial charge in [0.05, 0.1) is 13.2 Å². The molecule has 0 saturated heterocycles. The molecule has 0 aromatic rings. The zero-order valence-electron chi connectivity index (χ0n) is 14.5. The van der Waals surface area contributed by atoms with E-state index in [1.807, 2.05) is 0 Å². The Morgan fingerprint density at radius 1 is 0.857 bits per heavy atom. The van der Waals surface area contributed by atoms with E-state index in [4.69, 9.17) is 9.47 Å². The van der Waals surface area contributed by atoms with Crippen LogP contribution in [0.4, 0.5) is 0 Å². The van der Waals surface area contributed by atoms with Crippen molar-refractivity contribution >= 4 is 5.97 Å². The van der Waals surface area contributed by atoms with Crippen LogP contribution in [0.3, 0.4) is 0 Å². The average molecular weight is 300 g/mol. The van der Waals surface area contributed by atoms with E-state index in [0.29, 0.717) is 25.6 Å². The highest BCUT2D eigenvalue weighted by Gasteiger charge is 2.11. The molecule has 0 N–H and O–H groups in total. The van der Waals surface area contributed by atoms with E-state index in [2.05, 4.69) is 13.8 Å². The first-order valence-corrected chi connectivity index (χ1v) is 8.89. The highest BCUT2D eigenvalue weighted by atomic mass is 16.5. The molecule has 1 atom stereocenters. The Morgan fingerprint density at radius 3 is 2.10 bits per heavy atom. The molecule has 0 aliphatic carbocycles. The molecular formula is C18H36O3. The Bertz CT molecular complexity index is 229. The number of hydrogen-bond acceptors (Lipinski definition) is 3. The highest BCUT2D eigenvalue weighted by Crippen LogP contribution is 2.13. The number of esters is 1. The first kappa shape index (κ1) is 20.4. The van der Waals surface area contributed by atoms with Gasteiger partial charge in [-0.2, -0.15) is 0 Å². The van der Waals surface area contributed by atoms with E-state index in [1.54, 1.807) is 7.11 Å². The minimum absolute atomic E-state index is 0.0406. The van der Waals surface area contributed by atoms with Crippen LogP contribution in [0.2, 0.25) is 0 Å². The maximum absolute atomic E-state index is 11.7. The molecule has 0 saturated carbocycles. The molecule has 0 heterocycles. The first-order valence-electron chi connectivity index (χ1n) is 8.89. The molecule has 0 fully saturated rings. The van der Waals surface area contributed by atoms with Crippen LogP contribution in [0, 0.1) is 5.92 Å². The van der Waals surface area contributed by atoms with Crippen molar-refractivity contribution in [2.24, 2.45) is 5.92 Å². The maximum Gasteiger partial charge on any atom is 0.305 e. The number of ether oxygens (including phenoxy) is 2. The Balaban J connectivity index is 3.66. The highest BCUT2D eigenvalue weighted by molar-refractivity contribution is 5.69. The fraction of sp³-hybridized carbons (Fsp3) is 0.944. The number of carbonyl (C=O) groups is 1. The van der Waals surface area contributed by atoms with Gasteiger partial charge < -0.3 is 9.47 Å². The Labute approximate surface area is 131 Å². The molecule has 0 aliphatic rings. The second-order valence-corrected chi connectivity index (χ2v) is 6.02. The zero-order chi connectivity index (χ0) is 15.8. The van der Waals surface area contributed by atoms with Crippen LogP contribution in [0.1, 0.15) is 84.5 Å². The van der Waals surface area contributed by atoms with Crippen LogP contribution in [0.5, 0.6) is 0 Å². The Hall–Kier alpha value is -0.570. The number of unbranched alkanes of at least 4 members (excludes halogenated alkanes) is 7. The van der Waals surface area contributed by atoms with Crippen LogP contribution < -0.4 is 0 Å². The molecule has 0 aromatic carbocycles. The molecule has 0 amide bonds. The fourth-order valence-electron chi connectivity index (χ4n) is 2.47. The van der Waals surface area contributed by atoms with Crippen molar-refractivity contribution in [3.05, 3.63) is 0 Å². The Kier molecular flexibility index (Phi) is 15.4. The Morgan fingerprint density at radius 2 is 1.48 bits per heavy atom. The summed E-state index contributed by atoms with van der Waals surface area (Å²) in [5.74, 6) is 0.317. The van der Waals surface area contributed by atoms with Crippen LogP contribution in [0.15, 0.2) is 0 Å². The summed E-state index contributed by atoms with van der Waals surface area (Å²) in [6.45, 7) is 5.63. The number of methoxy groups -OCH3 is 1. The predicted molar refractivity (Wildman–Crippen MR) is 88.5 cm³/mol. The van der Waals surface area contributed by atoms with Crippen molar-refractivity contribution in [3.8, 4) is 0 Å². The number of rotatable bonds is 15. The largest absolute Gasteiger partial charge is 0.465 e. The summed E-state index contributed by atoms with van der Waals surface area (Å²) in [4.78, 5) is 11.7. The summed E-state index contributed by atoms with van der Waals surface area (Å²) < 4.78 is 10.6. The van der Waals surface area contributed by atoms with E-state index in [0.717, 1.165) is 19.3 Å². The minimum Gasteiger partial charge on any atom is -0.465 e. The van der Waals surface area contributed by atoms with Gasteiger partial charge in [0, 0.05) is 19.4 Å². The smallest absolute Gasteiger partial charge is 0.305 e. The predicted octanol–water partition coefficient (Wildman–Crippen LogP) is 5.12. The van der Waals surface area contributed by atoms with Gasteiger partial charge in [-0.15, -0.1) is 0 Å². The van der Waals surface area contributed by atoms with Crippen molar-refractivity contribution in [2.45, 2.75) is 84.5 Å². The van der Waals surface area contributed by atoms with Gasteiger partial charge in [0.1, 0.15) is 0 Å².